The topological polar surface area (TPSA) is 45.5 Å². The summed E-state index contributed by atoms with van der Waals surface area (Å²) in [5, 5.41) is 0. The van der Waals surface area contributed by atoms with Crippen molar-refractivity contribution >= 4 is 12.4 Å². The van der Waals surface area contributed by atoms with Gasteiger partial charge in [-0.05, 0) is 30.7 Å². The Bertz CT molecular complexity index is 1020. The number of aryl methyl sites for hydroxylation is 1. The van der Waals surface area contributed by atoms with Crippen molar-refractivity contribution in [1.29, 1.82) is 0 Å². The Morgan fingerprint density at radius 3 is 2.42 bits per heavy atom. The molecule has 1 saturated heterocycles. The molecule has 166 valence electrons. The smallest absolute Gasteiger partial charge is 0.191 e. The van der Waals surface area contributed by atoms with Crippen LogP contribution in [0.2, 0.25) is 0 Å². The van der Waals surface area contributed by atoms with Crippen molar-refractivity contribution < 1.29 is 23.0 Å². The minimum absolute atomic E-state index is 0. The van der Waals surface area contributed by atoms with Crippen LogP contribution in [0.1, 0.15) is 29.8 Å². The minimum Gasteiger partial charge on any atom is -0.483 e. The number of halogens is 3. The zero-order chi connectivity index (χ0) is 21.1. The van der Waals surface area contributed by atoms with Crippen molar-refractivity contribution in [3.8, 4) is 11.4 Å². The molecule has 2 aromatic carbocycles. The first-order chi connectivity index (χ1) is 14.5. The number of aromatic nitrogens is 2. The quantitative estimate of drug-likeness (QED) is 0.523. The maximum Gasteiger partial charge on any atom is 0.191 e. The van der Waals surface area contributed by atoms with Crippen LogP contribution in [0.5, 0.6) is 5.75 Å². The molecule has 1 aromatic heterocycles. The van der Waals surface area contributed by atoms with Crippen molar-refractivity contribution in [3.05, 3.63) is 77.4 Å². The summed E-state index contributed by atoms with van der Waals surface area (Å²) in [5.74, 6) is -0.963. The van der Waals surface area contributed by atoms with Gasteiger partial charge in [0.15, 0.2) is 17.4 Å². The number of hydrogen-bond donors (Lipinski definition) is 0. The lowest BCUT2D eigenvalue weighted by Crippen LogP contribution is -2.36. The van der Waals surface area contributed by atoms with E-state index in [1.54, 1.807) is 6.20 Å². The summed E-state index contributed by atoms with van der Waals surface area (Å²) in [6.07, 6.45) is 4.61. The molecule has 0 bridgehead atoms. The molecule has 1 aliphatic rings. The lowest BCUT2D eigenvalue weighted by Gasteiger charge is -2.36. The molecule has 3 aromatic rings. The third-order valence-corrected chi connectivity index (χ3v) is 5.65. The number of ether oxygens (including phenoxy) is 3. The molecule has 0 unspecified atom stereocenters. The van der Waals surface area contributed by atoms with Gasteiger partial charge in [-0.1, -0.05) is 18.2 Å². The molecule has 31 heavy (non-hydrogen) atoms. The highest BCUT2D eigenvalue weighted by Gasteiger charge is 2.38. The van der Waals surface area contributed by atoms with Gasteiger partial charge in [0.25, 0.3) is 0 Å². The Balaban J connectivity index is 0.00000272. The van der Waals surface area contributed by atoms with Gasteiger partial charge in [-0.25, -0.2) is 13.8 Å². The van der Waals surface area contributed by atoms with E-state index in [-0.39, 0.29) is 24.8 Å². The molecule has 0 spiro atoms. The Morgan fingerprint density at radius 2 is 1.81 bits per heavy atom. The second-order valence-corrected chi connectivity index (χ2v) is 7.35. The summed E-state index contributed by atoms with van der Waals surface area (Å²) in [6, 6.07) is 10.2. The summed E-state index contributed by atoms with van der Waals surface area (Å²) >= 11 is 0. The van der Waals surface area contributed by atoms with Gasteiger partial charge in [-0.2, -0.15) is 0 Å². The van der Waals surface area contributed by atoms with Crippen LogP contribution in [0.4, 0.5) is 8.78 Å². The van der Waals surface area contributed by atoms with E-state index < -0.39 is 17.2 Å². The number of nitrogens with zero attached hydrogens (tertiary/aromatic N) is 2. The molecule has 1 fully saturated rings. The van der Waals surface area contributed by atoms with Crippen LogP contribution >= 0.6 is 12.4 Å². The maximum absolute atomic E-state index is 15.3. The van der Waals surface area contributed by atoms with Crippen molar-refractivity contribution in [2.75, 3.05) is 20.3 Å². The van der Waals surface area contributed by atoms with Gasteiger partial charge in [-0.15, -0.1) is 12.4 Å². The van der Waals surface area contributed by atoms with Crippen LogP contribution in [-0.2, 0) is 21.7 Å². The number of rotatable bonds is 6. The Labute approximate surface area is 186 Å². The van der Waals surface area contributed by atoms with Crippen LogP contribution in [0, 0.1) is 18.6 Å². The highest BCUT2D eigenvalue weighted by Crippen LogP contribution is 2.40. The molecule has 8 heteroatoms. The number of imidazole rings is 1. The molecule has 0 atom stereocenters. The van der Waals surface area contributed by atoms with Crippen LogP contribution in [0.15, 0.2) is 48.8 Å². The van der Waals surface area contributed by atoms with Crippen molar-refractivity contribution in [3.63, 3.8) is 0 Å². The molecule has 0 radical (unpaired) electrons. The van der Waals surface area contributed by atoms with E-state index in [4.69, 9.17) is 14.2 Å². The molecule has 5 nitrogen and oxygen atoms in total. The largest absolute Gasteiger partial charge is 0.483 e. The number of methoxy groups -OCH3 is 1. The highest BCUT2D eigenvalue weighted by molar-refractivity contribution is 5.85. The van der Waals surface area contributed by atoms with Gasteiger partial charge in [0.1, 0.15) is 18.0 Å². The summed E-state index contributed by atoms with van der Waals surface area (Å²) in [4.78, 5) is 4.21. The van der Waals surface area contributed by atoms with Gasteiger partial charge in [-0.3, -0.25) is 0 Å². The molecule has 2 heterocycles. The van der Waals surface area contributed by atoms with Crippen molar-refractivity contribution in [2.24, 2.45) is 0 Å². The first kappa shape index (κ1) is 23.2. The Hall–Kier alpha value is -2.48. The lowest BCUT2D eigenvalue weighted by molar-refractivity contribution is -0.0967. The predicted octanol–water partition coefficient (Wildman–Crippen LogP) is 5.11. The molecule has 1 aliphatic heterocycles. The molecule has 0 aliphatic carbocycles. The van der Waals surface area contributed by atoms with Gasteiger partial charge >= 0.3 is 0 Å². The fourth-order valence-electron chi connectivity index (χ4n) is 3.86. The maximum atomic E-state index is 15.3. The van der Waals surface area contributed by atoms with E-state index in [1.807, 2.05) is 42.0 Å². The van der Waals surface area contributed by atoms with Gasteiger partial charge in [0.2, 0.25) is 0 Å². The lowest BCUT2D eigenvalue weighted by atomic mass is 9.85. The fourth-order valence-corrected chi connectivity index (χ4v) is 3.86. The van der Waals surface area contributed by atoms with Crippen LogP contribution < -0.4 is 4.74 Å². The average Bonchev–Trinajstić information content (AvgIpc) is 3.20. The van der Waals surface area contributed by atoms with E-state index in [9.17, 15) is 4.39 Å². The molecule has 0 saturated carbocycles. The highest BCUT2D eigenvalue weighted by atomic mass is 35.5. The summed E-state index contributed by atoms with van der Waals surface area (Å²) < 4.78 is 48.2. The van der Waals surface area contributed by atoms with E-state index in [0.717, 1.165) is 17.1 Å². The van der Waals surface area contributed by atoms with Gasteiger partial charge in [0, 0.05) is 56.8 Å². The first-order valence-electron chi connectivity index (χ1n) is 9.87. The van der Waals surface area contributed by atoms with Crippen LogP contribution in [0.25, 0.3) is 5.69 Å². The number of hydrogen-bond acceptors (Lipinski definition) is 4. The zero-order valence-corrected chi connectivity index (χ0v) is 18.3. The molecule has 4 rings (SSSR count). The minimum atomic E-state index is -0.835. The predicted molar refractivity (Wildman–Crippen MR) is 115 cm³/mol. The second kappa shape index (κ2) is 9.77. The summed E-state index contributed by atoms with van der Waals surface area (Å²) in [6.45, 7) is 2.89. The van der Waals surface area contributed by atoms with Crippen molar-refractivity contribution in [1.82, 2.24) is 9.55 Å². The second-order valence-electron chi connectivity index (χ2n) is 7.35. The van der Waals surface area contributed by atoms with Crippen LogP contribution in [0.3, 0.4) is 0 Å². The normalized spacial score (nSPS) is 15.4. The first-order valence-corrected chi connectivity index (χ1v) is 9.87. The van der Waals surface area contributed by atoms with Crippen molar-refractivity contribution in [2.45, 2.75) is 32.0 Å². The SMILES string of the molecule is COC1(c2ccc(F)c(OCc3ccc(-n4ccnc4C)cc3)c2F)CCOCC1.Cl. The molecule has 0 N–H and O–H groups in total. The molecular formula is C23H25ClF2N2O3. The third-order valence-electron chi connectivity index (χ3n) is 5.65. The number of benzene rings is 2. The average molecular weight is 451 g/mol. The molecule has 0 amide bonds. The van der Waals surface area contributed by atoms with Gasteiger partial charge in [0.05, 0.1) is 0 Å². The van der Waals surface area contributed by atoms with E-state index in [2.05, 4.69) is 4.98 Å². The van der Waals surface area contributed by atoms with Gasteiger partial charge < -0.3 is 18.8 Å². The summed E-state index contributed by atoms with van der Waals surface area (Å²) in [7, 11) is 1.54. The third kappa shape index (κ3) is 4.59. The van der Waals surface area contributed by atoms with Crippen LogP contribution in [-0.4, -0.2) is 29.9 Å². The Kier molecular flexibility index (Phi) is 7.30. The standard InChI is InChI=1S/C23H24F2N2O3.ClH/c1-16-26-11-12-27(16)18-5-3-17(4-6-18)15-30-22-20(24)8-7-19(21(22)25)23(28-2)9-13-29-14-10-23;/h3-8,11-12H,9-10,13-15H2,1-2H3;1H. The Morgan fingerprint density at radius 1 is 1.10 bits per heavy atom. The monoisotopic (exact) mass is 450 g/mol. The summed E-state index contributed by atoms with van der Waals surface area (Å²) in [5.41, 5.74) is 1.22. The fraction of sp³-hybridized carbons (Fsp3) is 0.348. The zero-order valence-electron chi connectivity index (χ0n) is 17.4. The molecular weight excluding hydrogens is 426 g/mol. The van der Waals surface area contributed by atoms with E-state index in [0.29, 0.717) is 31.6 Å². The van der Waals surface area contributed by atoms with E-state index >= 15 is 4.39 Å². The van der Waals surface area contributed by atoms with E-state index in [1.165, 1.54) is 19.2 Å².